The fraction of sp³-hybridized carbons (Fsp3) is 0.636. The largest absolute Gasteiger partial charge is 0.465 e. The third-order valence-corrected chi connectivity index (χ3v) is 7.50. The zero-order valence-corrected chi connectivity index (χ0v) is 20.8. The Morgan fingerprint density at radius 3 is 2.52 bits per heavy atom. The summed E-state index contributed by atoms with van der Waals surface area (Å²) in [6.45, 7) is 8.09. The van der Waals surface area contributed by atoms with Crippen LogP contribution in [0.4, 0.5) is 15.3 Å². The SMILES string of the molecule is CN(CC(NC(=O)O)[C@H](c1ccc([N+](=O)[O-])cc1)[C@H]1CCCOC1)C(=O)OCC[Si](C)(C)C. The van der Waals surface area contributed by atoms with Gasteiger partial charge in [-0.3, -0.25) is 10.1 Å². The van der Waals surface area contributed by atoms with Crippen molar-refractivity contribution >= 4 is 25.9 Å². The molecule has 2 rings (SSSR count). The van der Waals surface area contributed by atoms with Crippen molar-refractivity contribution < 1.29 is 29.1 Å². The van der Waals surface area contributed by atoms with Gasteiger partial charge in [0.05, 0.1) is 24.2 Å². The highest BCUT2D eigenvalue weighted by Crippen LogP contribution is 2.35. The van der Waals surface area contributed by atoms with Gasteiger partial charge >= 0.3 is 12.2 Å². The van der Waals surface area contributed by atoms with E-state index in [1.807, 2.05) is 0 Å². The number of nitrogens with one attached hydrogen (secondary N) is 1. The molecule has 10 nitrogen and oxygen atoms in total. The van der Waals surface area contributed by atoms with E-state index in [4.69, 9.17) is 9.47 Å². The first-order chi connectivity index (χ1) is 15.5. The van der Waals surface area contributed by atoms with Crippen molar-refractivity contribution in [2.45, 2.75) is 50.5 Å². The summed E-state index contributed by atoms with van der Waals surface area (Å²) in [4.78, 5) is 36.2. The van der Waals surface area contributed by atoms with E-state index in [1.54, 1.807) is 19.2 Å². The summed E-state index contributed by atoms with van der Waals surface area (Å²) >= 11 is 0. The van der Waals surface area contributed by atoms with E-state index in [0.29, 0.717) is 19.8 Å². The molecule has 3 atom stereocenters. The maximum absolute atomic E-state index is 12.5. The Bertz CT molecular complexity index is 807. The van der Waals surface area contributed by atoms with Gasteiger partial charge in [0.15, 0.2) is 0 Å². The number of carbonyl (C=O) groups is 2. The summed E-state index contributed by atoms with van der Waals surface area (Å²) in [6, 6.07) is 6.33. The Hall–Kier alpha value is -2.66. The van der Waals surface area contributed by atoms with Crippen LogP contribution in [0.15, 0.2) is 24.3 Å². The minimum Gasteiger partial charge on any atom is -0.465 e. The topological polar surface area (TPSA) is 131 Å². The van der Waals surface area contributed by atoms with E-state index in [-0.39, 0.29) is 24.1 Å². The van der Waals surface area contributed by atoms with Gasteiger partial charge in [0, 0.05) is 46.3 Å². The van der Waals surface area contributed by atoms with Gasteiger partial charge in [-0.15, -0.1) is 0 Å². The Kier molecular flexibility index (Phi) is 9.66. The standard InChI is InChI=1S/C22H35N3O7Si/c1-24(22(28)32-12-13-33(2,3)4)14-19(23-21(26)27)20(17-6-5-11-31-15-17)16-7-9-18(10-8-16)25(29)30/h7-10,17,19-20,23H,5-6,11-15H2,1-4H3,(H,26,27)/t17-,19?,20+/m0/s1. The van der Waals surface area contributed by atoms with E-state index in [2.05, 4.69) is 25.0 Å². The molecule has 0 saturated carbocycles. The van der Waals surface area contributed by atoms with E-state index >= 15 is 0 Å². The molecule has 1 fully saturated rings. The smallest absolute Gasteiger partial charge is 0.409 e. The number of likely N-dealkylation sites (N-methyl/N-ethyl adjacent to an activating group) is 1. The third-order valence-electron chi connectivity index (χ3n) is 5.79. The first-order valence-corrected chi connectivity index (χ1v) is 14.9. The molecule has 0 radical (unpaired) electrons. The predicted octanol–water partition coefficient (Wildman–Crippen LogP) is 4.15. The molecular formula is C22H35N3O7Si. The van der Waals surface area contributed by atoms with Gasteiger partial charge in [0.2, 0.25) is 0 Å². The molecule has 2 N–H and O–H groups in total. The first-order valence-electron chi connectivity index (χ1n) is 11.2. The molecule has 0 aromatic heterocycles. The second kappa shape index (κ2) is 12.0. The molecular weight excluding hydrogens is 446 g/mol. The van der Waals surface area contributed by atoms with Crippen LogP contribution in [-0.2, 0) is 9.47 Å². The zero-order valence-electron chi connectivity index (χ0n) is 19.8. The average molecular weight is 482 g/mol. The molecule has 0 spiro atoms. The summed E-state index contributed by atoms with van der Waals surface area (Å²) in [5.41, 5.74) is 0.721. The van der Waals surface area contributed by atoms with Crippen LogP contribution >= 0.6 is 0 Å². The lowest BCUT2D eigenvalue weighted by atomic mass is 9.77. The monoisotopic (exact) mass is 481 g/mol. The quantitative estimate of drug-likeness (QED) is 0.291. The van der Waals surface area contributed by atoms with Crippen LogP contribution in [0.25, 0.3) is 0 Å². The number of ether oxygens (including phenoxy) is 2. The second-order valence-corrected chi connectivity index (χ2v) is 15.3. The molecule has 1 saturated heterocycles. The highest BCUT2D eigenvalue weighted by Gasteiger charge is 2.35. The number of hydrogen-bond acceptors (Lipinski definition) is 6. The number of hydrogen-bond donors (Lipinski definition) is 2. The lowest BCUT2D eigenvalue weighted by molar-refractivity contribution is -0.384. The fourth-order valence-corrected chi connectivity index (χ4v) is 4.75. The third kappa shape index (κ3) is 8.65. The number of nitro groups is 1. The number of rotatable bonds is 10. The maximum Gasteiger partial charge on any atom is 0.409 e. The number of carbonyl (C=O) groups excluding carboxylic acids is 1. The van der Waals surface area contributed by atoms with E-state index in [1.165, 1.54) is 17.0 Å². The highest BCUT2D eigenvalue weighted by atomic mass is 28.3. The maximum atomic E-state index is 12.5. The summed E-state index contributed by atoms with van der Waals surface area (Å²) in [5, 5.41) is 23.2. The van der Waals surface area contributed by atoms with Crippen molar-refractivity contribution in [1.82, 2.24) is 10.2 Å². The number of amides is 2. The van der Waals surface area contributed by atoms with Gasteiger partial charge in [-0.2, -0.15) is 0 Å². The van der Waals surface area contributed by atoms with Gasteiger partial charge in [-0.1, -0.05) is 31.8 Å². The minimum absolute atomic E-state index is 0.00614. The van der Waals surface area contributed by atoms with Gasteiger partial charge in [0.25, 0.3) is 5.69 Å². The summed E-state index contributed by atoms with van der Waals surface area (Å²) < 4.78 is 11.1. The molecule has 2 amide bonds. The van der Waals surface area contributed by atoms with Crippen LogP contribution in [0, 0.1) is 16.0 Å². The number of nitro benzene ring substituents is 1. The van der Waals surface area contributed by atoms with E-state index in [0.717, 1.165) is 24.4 Å². The van der Waals surface area contributed by atoms with Gasteiger partial charge in [0.1, 0.15) is 0 Å². The zero-order chi connectivity index (χ0) is 24.6. The molecule has 1 unspecified atom stereocenters. The number of nitrogens with zero attached hydrogens (tertiary/aromatic N) is 2. The summed E-state index contributed by atoms with van der Waals surface area (Å²) in [5.74, 6) is -0.340. The molecule has 11 heteroatoms. The first kappa shape index (κ1) is 26.6. The van der Waals surface area contributed by atoms with Crippen molar-refractivity contribution in [2.24, 2.45) is 5.92 Å². The molecule has 0 bridgehead atoms. The van der Waals surface area contributed by atoms with Crippen molar-refractivity contribution in [3.05, 3.63) is 39.9 Å². The molecule has 1 aromatic rings. The molecule has 1 aromatic carbocycles. The Morgan fingerprint density at radius 1 is 1.33 bits per heavy atom. The van der Waals surface area contributed by atoms with Crippen LogP contribution in [-0.4, -0.2) is 74.6 Å². The van der Waals surface area contributed by atoms with Crippen LogP contribution in [0.5, 0.6) is 0 Å². The molecule has 0 aliphatic carbocycles. The Morgan fingerprint density at radius 2 is 2.00 bits per heavy atom. The van der Waals surface area contributed by atoms with Gasteiger partial charge in [-0.05, 0) is 30.4 Å². The van der Waals surface area contributed by atoms with E-state index < -0.39 is 31.2 Å². The second-order valence-electron chi connectivity index (χ2n) is 9.71. The van der Waals surface area contributed by atoms with E-state index in [9.17, 15) is 24.8 Å². The van der Waals surface area contributed by atoms with Crippen LogP contribution in [0.1, 0.15) is 24.3 Å². The lowest BCUT2D eigenvalue weighted by Crippen LogP contribution is -2.50. The van der Waals surface area contributed by atoms with Crippen molar-refractivity contribution in [1.29, 1.82) is 0 Å². The van der Waals surface area contributed by atoms with Crippen LogP contribution in [0.3, 0.4) is 0 Å². The molecule has 33 heavy (non-hydrogen) atoms. The predicted molar refractivity (Wildman–Crippen MR) is 126 cm³/mol. The summed E-state index contributed by atoms with van der Waals surface area (Å²) in [7, 11) is 0.223. The van der Waals surface area contributed by atoms with Crippen LogP contribution < -0.4 is 5.32 Å². The highest BCUT2D eigenvalue weighted by molar-refractivity contribution is 6.76. The Labute approximate surface area is 195 Å². The van der Waals surface area contributed by atoms with Crippen molar-refractivity contribution in [3.63, 3.8) is 0 Å². The molecule has 1 aliphatic heterocycles. The van der Waals surface area contributed by atoms with Crippen LogP contribution in [0.2, 0.25) is 25.7 Å². The van der Waals surface area contributed by atoms with Crippen molar-refractivity contribution in [2.75, 3.05) is 33.4 Å². The normalized spacial score (nSPS) is 18.1. The Balaban J connectivity index is 2.24. The average Bonchev–Trinajstić information content (AvgIpc) is 2.73. The molecule has 1 aliphatic rings. The lowest BCUT2D eigenvalue weighted by Gasteiger charge is -2.37. The molecule has 184 valence electrons. The van der Waals surface area contributed by atoms with Gasteiger partial charge < -0.3 is 24.8 Å². The molecule has 1 heterocycles. The summed E-state index contributed by atoms with van der Waals surface area (Å²) in [6.07, 6.45) is -0.0521. The minimum atomic E-state index is -1.36. The van der Waals surface area contributed by atoms with Gasteiger partial charge in [-0.25, -0.2) is 9.59 Å². The number of benzene rings is 1. The number of carboxylic acid groups (broad SMARTS) is 1. The number of non-ortho nitro benzene ring substituents is 1. The van der Waals surface area contributed by atoms with Crippen molar-refractivity contribution in [3.8, 4) is 0 Å². The fourth-order valence-electron chi connectivity index (χ4n) is 4.03.